The summed E-state index contributed by atoms with van der Waals surface area (Å²) in [7, 11) is -1.34. The molecule has 0 saturated heterocycles. The van der Waals surface area contributed by atoms with E-state index in [9.17, 15) is 0 Å². The van der Waals surface area contributed by atoms with Crippen molar-refractivity contribution in [3.8, 4) is 16.9 Å². The lowest BCUT2D eigenvalue weighted by atomic mass is 9.81. The van der Waals surface area contributed by atoms with E-state index in [1.165, 1.54) is 11.1 Å². The number of para-hydroxylation sites is 1. The molecule has 0 bridgehead atoms. The standard InChI is InChI=1S/C6H7BO2.C6H6O.C6H4/c8-7(9)6-4-2-1-3-5-6;7-6-4-2-1-3-5-6;1-2-6-4-3-5(1)6/h1-5,8-9H;1-5,7H;1-4H. The number of rotatable bonds is 1. The molecule has 0 aromatic heterocycles. The number of phenols is 1. The van der Waals surface area contributed by atoms with Crippen molar-refractivity contribution in [3.05, 3.63) is 84.9 Å². The van der Waals surface area contributed by atoms with Crippen LogP contribution in [0.5, 0.6) is 5.75 Å². The quantitative estimate of drug-likeness (QED) is 0.472. The summed E-state index contributed by atoms with van der Waals surface area (Å²) < 4.78 is 0. The molecule has 2 aliphatic carbocycles. The molecule has 0 amide bonds. The van der Waals surface area contributed by atoms with Crippen LogP contribution in [0.3, 0.4) is 0 Å². The van der Waals surface area contributed by atoms with Gasteiger partial charge in [0.15, 0.2) is 0 Å². The molecule has 2 aliphatic rings. The smallest absolute Gasteiger partial charge is 0.488 e. The zero-order valence-electron chi connectivity index (χ0n) is 12.0. The second-order valence-corrected chi connectivity index (χ2v) is 4.70. The van der Waals surface area contributed by atoms with Crippen LogP contribution in [0.25, 0.3) is 11.1 Å². The maximum absolute atomic E-state index is 8.63. The van der Waals surface area contributed by atoms with E-state index < -0.39 is 7.12 Å². The van der Waals surface area contributed by atoms with Gasteiger partial charge in [0, 0.05) is 0 Å². The predicted octanol–water partition coefficient (Wildman–Crippen LogP) is 2.43. The third-order valence-electron chi connectivity index (χ3n) is 3.07. The van der Waals surface area contributed by atoms with Crippen LogP contribution in [0.4, 0.5) is 0 Å². The highest BCUT2D eigenvalue weighted by atomic mass is 16.4. The number of benzene rings is 3. The van der Waals surface area contributed by atoms with Gasteiger partial charge in [0.25, 0.3) is 0 Å². The lowest BCUT2D eigenvalue weighted by Crippen LogP contribution is -2.29. The highest BCUT2D eigenvalue weighted by Crippen LogP contribution is 2.29. The van der Waals surface area contributed by atoms with Crippen molar-refractivity contribution in [2.75, 3.05) is 0 Å². The number of hydrogen-bond acceptors (Lipinski definition) is 3. The molecule has 3 N–H and O–H groups in total. The van der Waals surface area contributed by atoms with Crippen LogP contribution < -0.4 is 5.46 Å². The first-order valence-electron chi connectivity index (χ1n) is 6.92. The highest BCUT2D eigenvalue weighted by Gasteiger charge is 2.07. The Kier molecular flexibility index (Phi) is 5.77. The molecule has 0 fully saturated rings. The van der Waals surface area contributed by atoms with Crippen LogP contribution in [-0.4, -0.2) is 22.3 Å². The van der Waals surface area contributed by atoms with Crippen molar-refractivity contribution < 1.29 is 15.2 Å². The van der Waals surface area contributed by atoms with Crippen molar-refractivity contribution in [2.45, 2.75) is 0 Å². The molecule has 3 nitrogen and oxygen atoms in total. The van der Waals surface area contributed by atoms with Crippen LogP contribution in [0, 0.1) is 0 Å². The van der Waals surface area contributed by atoms with Gasteiger partial charge < -0.3 is 15.2 Å². The van der Waals surface area contributed by atoms with Gasteiger partial charge in [-0.2, -0.15) is 0 Å². The molecule has 0 unspecified atom stereocenters. The average Bonchev–Trinajstić information content (AvgIpc) is 2.53. The average molecular weight is 292 g/mol. The van der Waals surface area contributed by atoms with Gasteiger partial charge in [-0.05, 0) is 28.7 Å². The molecule has 0 spiro atoms. The van der Waals surface area contributed by atoms with Gasteiger partial charge in [0.2, 0.25) is 0 Å². The van der Waals surface area contributed by atoms with E-state index in [4.69, 9.17) is 15.2 Å². The molecule has 0 saturated carbocycles. The fourth-order valence-electron chi connectivity index (χ4n) is 1.72. The third kappa shape index (κ3) is 4.77. The van der Waals surface area contributed by atoms with Crippen LogP contribution in [-0.2, 0) is 0 Å². The van der Waals surface area contributed by atoms with Crippen LogP contribution in [0.2, 0.25) is 0 Å². The van der Waals surface area contributed by atoms with Gasteiger partial charge in [-0.25, -0.2) is 0 Å². The van der Waals surface area contributed by atoms with Crippen LogP contribution in [0.15, 0.2) is 84.9 Å². The van der Waals surface area contributed by atoms with E-state index in [1.54, 1.807) is 48.5 Å². The van der Waals surface area contributed by atoms with Crippen molar-refractivity contribution >= 4 is 12.6 Å². The molecular weight excluding hydrogens is 275 g/mol. The summed E-state index contributed by atoms with van der Waals surface area (Å²) in [5.41, 5.74) is 3.38. The van der Waals surface area contributed by atoms with Gasteiger partial charge in [-0.1, -0.05) is 72.8 Å². The van der Waals surface area contributed by atoms with Gasteiger partial charge >= 0.3 is 7.12 Å². The zero-order chi connectivity index (χ0) is 15.8. The minimum absolute atomic E-state index is 0.322. The first kappa shape index (κ1) is 15.8. The minimum atomic E-state index is -1.34. The van der Waals surface area contributed by atoms with Crippen LogP contribution in [0.1, 0.15) is 0 Å². The summed E-state index contributed by atoms with van der Waals surface area (Å²) in [4.78, 5) is 0. The molecule has 0 atom stereocenters. The van der Waals surface area contributed by atoms with Crippen molar-refractivity contribution in [1.82, 2.24) is 0 Å². The van der Waals surface area contributed by atoms with Gasteiger partial charge in [-0.15, -0.1) is 0 Å². The topological polar surface area (TPSA) is 60.7 Å². The molecule has 0 heterocycles. The maximum atomic E-state index is 8.63. The van der Waals surface area contributed by atoms with Crippen molar-refractivity contribution in [1.29, 1.82) is 0 Å². The summed E-state index contributed by atoms with van der Waals surface area (Å²) in [6.07, 6.45) is 0. The molecule has 4 rings (SSSR count). The van der Waals surface area contributed by atoms with E-state index in [-0.39, 0.29) is 0 Å². The first-order valence-corrected chi connectivity index (χ1v) is 6.92. The molecule has 0 aliphatic heterocycles. The first-order chi connectivity index (χ1) is 10.7. The fraction of sp³-hybridized carbons (Fsp3) is 0. The monoisotopic (exact) mass is 292 g/mol. The predicted molar refractivity (Wildman–Crippen MR) is 89.8 cm³/mol. The summed E-state index contributed by atoms with van der Waals surface area (Å²) >= 11 is 0. The molecule has 2 aromatic rings. The maximum Gasteiger partial charge on any atom is 0.488 e. The molecular formula is C18H17BO3. The summed E-state index contributed by atoms with van der Waals surface area (Å²) in [5.74, 6) is 0.322. The summed E-state index contributed by atoms with van der Waals surface area (Å²) in [6.45, 7) is 0. The molecule has 22 heavy (non-hydrogen) atoms. The van der Waals surface area contributed by atoms with E-state index in [0.717, 1.165) is 0 Å². The largest absolute Gasteiger partial charge is 0.508 e. The summed E-state index contributed by atoms with van der Waals surface area (Å²) in [5, 5.41) is 25.8. The molecule has 0 radical (unpaired) electrons. The molecule has 2 aromatic carbocycles. The van der Waals surface area contributed by atoms with E-state index >= 15 is 0 Å². The Labute approximate surface area is 130 Å². The fourth-order valence-corrected chi connectivity index (χ4v) is 1.72. The molecule has 110 valence electrons. The Morgan fingerprint density at radius 3 is 1.14 bits per heavy atom. The van der Waals surface area contributed by atoms with Gasteiger partial charge in [-0.3, -0.25) is 0 Å². The van der Waals surface area contributed by atoms with Crippen molar-refractivity contribution in [2.24, 2.45) is 0 Å². The minimum Gasteiger partial charge on any atom is -0.508 e. The van der Waals surface area contributed by atoms with Gasteiger partial charge in [0.05, 0.1) is 0 Å². The second kappa shape index (κ2) is 8.03. The Morgan fingerprint density at radius 2 is 0.955 bits per heavy atom. The number of aromatic hydroxyl groups is 1. The Morgan fingerprint density at radius 1 is 0.545 bits per heavy atom. The third-order valence-corrected chi connectivity index (χ3v) is 3.07. The number of hydrogen-bond donors (Lipinski definition) is 3. The normalized spacial score (nSPS) is 9.55. The second-order valence-electron chi connectivity index (χ2n) is 4.70. The molecule has 4 heteroatoms. The lowest BCUT2D eigenvalue weighted by Gasteiger charge is -2.10. The van der Waals surface area contributed by atoms with E-state index in [0.29, 0.717) is 11.2 Å². The van der Waals surface area contributed by atoms with Gasteiger partial charge in [0.1, 0.15) is 5.75 Å². The lowest BCUT2D eigenvalue weighted by molar-refractivity contribution is 0.426. The van der Waals surface area contributed by atoms with E-state index in [1.807, 2.05) is 12.1 Å². The van der Waals surface area contributed by atoms with Crippen LogP contribution >= 0.6 is 0 Å². The highest BCUT2D eigenvalue weighted by molar-refractivity contribution is 6.58. The Bertz CT molecular complexity index is 647. The Hall–Kier alpha value is -2.56. The number of fused-ring (bicyclic) bond motifs is 1. The zero-order valence-corrected chi connectivity index (χ0v) is 12.0. The van der Waals surface area contributed by atoms with E-state index in [2.05, 4.69) is 24.3 Å². The Balaban J connectivity index is 0.000000122. The number of phenolic OH excluding ortho intramolecular Hbond substituents is 1. The summed E-state index contributed by atoms with van der Waals surface area (Å²) in [6, 6.07) is 25.9. The van der Waals surface area contributed by atoms with Crippen molar-refractivity contribution in [3.63, 3.8) is 0 Å². The SMILES string of the molecule is OB(O)c1ccccc1.Oc1ccccc1.c1cc2ccc1-2.